The fourth-order valence-electron chi connectivity index (χ4n) is 5.23. The summed E-state index contributed by atoms with van der Waals surface area (Å²) in [6.45, 7) is 1.46. The first-order chi connectivity index (χ1) is 15.5. The predicted octanol–water partition coefficient (Wildman–Crippen LogP) is 2.89. The third-order valence-corrected chi connectivity index (χ3v) is 7.01. The van der Waals surface area contributed by atoms with Gasteiger partial charge in [0.15, 0.2) is 0 Å². The first-order valence-corrected chi connectivity index (χ1v) is 11.0. The molecule has 166 valence electrons. The van der Waals surface area contributed by atoms with Crippen molar-refractivity contribution in [2.75, 3.05) is 18.0 Å². The van der Waals surface area contributed by atoms with Crippen molar-refractivity contribution < 1.29 is 13.6 Å². The minimum Gasteiger partial charge on any atom is -0.366 e. The summed E-state index contributed by atoms with van der Waals surface area (Å²) in [4.78, 5) is 26.1. The minimum atomic E-state index is -0.543. The zero-order valence-electron chi connectivity index (χ0n) is 17.7. The average molecular weight is 438 g/mol. The van der Waals surface area contributed by atoms with Gasteiger partial charge in [-0.15, -0.1) is 0 Å². The predicted molar refractivity (Wildman–Crippen MR) is 113 cm³/mol. The second-order valence-electron chi connectivity index (χ2n) is 9.24. The van der Waals surface area contributed by atoms with Crippen molar-refractivity contribution in [1.29, 1.82) is 0 Å². The number of aryl methyl sites for hydroxylation is 1. The van der Waals surface area contributed by atoms with Crippen molar-refractivity contribution in [2.45, 2.75) is 31.7 Å². The molecule has 9 heteroatoms. The molecule has 2 fully saturated rings. The molecule has 0 bridgehead atoms. The Bertz CT molecular complexity index is 1180. The fraction of sp³-hybridized carbons (Fsp3) is 0.435. The first kappa shape index (κ1) is 19.5. The van der Waals surface area contributed by atoms with Crippen molar-refractivity contribution >= 4 is 11.6 Å². The molecule has 2 aliphatic carbocycles. The molecule has 2 unspecified atom stereocenters. The number of carbonyl (C=O) groups is 1. The van der Waals surface area contributed by atoms with Crippen LogP contribution in [0.5, 0.6) is 0 Å². The number of aromatic amines is 1. The van der Waals surface area contributed by atoms with E-state index < -0.39 is 11.6 Å². The van der Waals surface area contributed by atoms with E-state index in [1.807, 2.05) is 16.5 Å². The van der Waals surface area contributed by atoms with Gasteiger partial charge in [-0.2, -0.15) is 0 Å². The molecule has 3 aliphatic rings. The third kappa shape index (κ3) is 3.27. The van der Waals surface area contributed by atoms with Gasteiger partial charge in [-0.3, -0.25) is 4.79 Å². The lowest BCUT2D eigenvalue weighted by molar-refractivity contribution is 0.0931. The lowest BCUT2D eigenvalue weighted by atomic mass is 10.1. The Morgan fingerprint density at radius 2 is 1.97 bits per heavy atom. The van der Waals surface area contributed by atoms with E-state index in [9.17, 15) is 13.6 Å². The Morgan fingerprint density at radius 1 is 1.22 bits per heavy atom. The van der Waals surface area contributed by atoms with E-state index in [4.69, 9.17) is 0 Å². The molecule has 2 N–H and O–H groups in total. The van der Waals surface area contributed by atoms with E-state index in [1.165, 1.54) is 24.8 Å². The van der Waals surface area contributed by atoms with Crippen LogP contribution in [0.25, 0.3) is 0 Å². The molecule has 1 saturated heterocycles. The summed E-state index contributed by atoms with van der Waals surface area (Å²) in [6, 6.07) is 2.61. The highest BCUT2D eigenvalue weighted by Gasteiger charge is 2.46. The molecule has 0 spiro atoms. The number of anilines is 1. The van der Waals surface area contributed by atoms with Gasteiger partial charge < -0.3 is 19.8 Å². The number of hydrogen-bond acceptors (Lipinski definition) is 4. The molecule has 6 rings (SSSR count). The van der Waals surface area contributed by atoms with Crippen molar-refractivity contribution in [3.63, 3.8) is 0 Å². The number of amides is 1. The highest BCUT2D eigenvalue weighted by atomic mass is 19.1. The second-order valence-corrected chi connectivity index (χ2v) is 9.24. The van der Waals surface area contributed by atoms with Crippen molar-refractivity contribution in [3.05, 3.63) is 64.8 Å². The van der Waals surface area contributed by atoms with Crippen molar-refractivity contribution in [3.8, 4) is 0 Å². The van der Waals surface area contributed by atoms with Crippen LogP contribution in [0.1, 0.15) is 52.1 Å². The van der Waals surface area contributed by atoms with Gasteiger partial charge in [-0.05, 0) is 48.8 Å². The summed E-state index contributed by atoms with van der Waals surface area (Å²) < 4.78 is 31.4. The van der Waals surface area contributed by atoms with Crippen molar-refractivity contribution in [1.82, 2.24) is 24.8 Å². The number of H-pyrrole nitrogens is 1. The highest BCUT2D eigenvalue weighted by molar-refractivity contribution is 5.92. The molecule has 1 aliphatic heterocycles. The summed E-state index contributed by atoms with van der Waals surface area (Å²) in [5, 5.41) is 2.99. The molecule has 1 amide bonds. The number of imidazole rings is 2. The third-order valence-electron chi connectivity index (χ3n) is 7.01. The number of fused-ring (bicyclic) bond motifs is 2. The van der Waals surface area contributed by atoms with Gasteiger partial charge in [-0.1, -0.05) is 0 Å². The number of rotatable bonds is 5. The standard InChI is InChI=1S/C23H24F2N6O/c1-30-11-27-21-17(2-3-19(21)30)29-23(32)18-8-26-20(28-18)6-12-4-15(24)22(16(25)5-12)31-9-13-7-14(13)10-31/h4-5,8,11,13-14,17H,2-3,6-7,9-10H2,1H3,(H,26,28)(H,29,32)/t13?,14?,17-/m1/s1. The smallest absolute Gasteiger partial charge is 0.269 e. The molecule has 1 saturated carbocycles. The Hall–Kier alpha value is -3.23. The average Bonchev–Trinajstić information content (AvgIpc) is 3.20. The summed E-state index contributed by atoms with van der Waals surface area (Å²) in [6.07, 6.45) is 6.28. The van der Waals surface area contributed by atoms with Gasteiger partial charge in [0.05, 0.1) is 24.3 Å². The molecule has 3 aromatic rings. The topological polar surface area (TPSA) is 78.8 Å². The molecule has 7 nitrogen and oxygen atoms in total. The van der Waals surface area contributed by atoms with Crippen LogP contribution >= 0.6 is 0 Å². The van der Waals surface area contributed by atoms with Crippen LogP contribution in [0.2, 0.25) is 0 Å². The first-order valence-electron chi connectivity index (χ1n) is 11.0. The maximum absolute atomic E-state index is 14.7. The quantitative estimate of drug-likeness (QED) is 0.642. The monoisotopic (exact) mass is 438 g/mol. The van der Waals surface area contributed by atoms with Gasteiger partial charge in [0.25, 0.3) is 5.91 Å². The maximum atomic E-state index is 14.7. The van der Waals surface area contributed by atoms with Crippen LogP contribution in [0.15, 0.2) is 24.7 Å². The minimum absolute atomic E-state index is 0.0749. The fourth-order valence-corrected chi connectivity index (χ4v) is 5.23. The number of nitrogens with zero attached hydrogens (tertiary/aromatic N) is 4. The number of carbonyl (C=O) groups excluding carboxylic acids is 1. The Labute approximate surface area is 183 Å². The molecule has 1 aromatic carbocycles. The van der Waals surface area contributed by atoms with E-state index in [0.29, 0.717) is 28.9 Å². The molecule has 3 atom stereocenters. The maximum Gasteiger partial charge on any atom is 0.269 e. The van der Waals surface area contributed by atoms with E-state index >= 15 is 0 Å². The van der Waals surface area contributed by atoms with Crippen LogP contribution < -0.4 is 10.2 Å². The van der Waals surface area contributed by atoms with Gasteiger partial charge in [0.1, 0.15) is 28.8 Å². The summed E-state index contributed by atoms with van der Waals surface area (Å²) in [5.74, 6) is 0.308. The Kier molecular flexibility index (Phi) is 4.34. The molecule has 3 heterocycles. The number of nitrogens with one attached hydrogen (secondary N) is 2. The molecule has 0 radical (unpaired) electrons. The SMILES string of the molecule is Cn1cnc2c1CC[C@H]2NC(=O)c1cnc(Cc2cc(F)c(N3CC4CC4C3)c(F)c2)[nH]1. The lowest BCUT2D eigenvalue weighted by Gasteiger charge is -2.22. The van der Waals surface area contributed by atoms with Crippen LogP contribution in [-0.4, -0.2) is 38.5 Å². The van der Waals surface area contributed by atoms with Crippen LogP contribution in [0, 0.1) is 23.5 Å². The number of benzene rings is 1. The summed E-state index contributed by atoms with van der Waals surface area (Å²) in [7, 11) is 1.95. The number of aromatic nitrogens is 4. The second kappa shape index (κ2) is 7.15. The van der Waals surface area contributed by atoms with Gasteiger partial charge in [0.2, 0.25) is 0 Å². The van der Waals surface area contributed by atoms with Gasteiger partial charge in [0, 0.05) is 32.3 Å². The highest BCUT2D eigenvalue weighted by Crippen LogP contribution is 2.47. The number of piperidine rings is 1. The number of halogens is 2. The van der Waals surface area contributed by atoms with Crippen molar-refractivity contribution in [2.24, 2.45) is 18.9 Å². The zero-order valence-corrected chi connectivity index (χ0v) is 17.7. The zero-order chi connectivity index (χ0) is 22.0. The van der Waals surface area contributed by atoms with E-state index in [2.05, 4.69) is 20.3 Å². The van der Waals surface area contributed by atoms with E-state index in [1.54, 1.807) is 6.33 Å². The Balaban J connectivity index is 1.14. The molecule has 2 aromatic heterocycles. The molecular weight excluding hydrogens is 414 g/mol. The number of hydrogen-bond donors (Lipinski definition) is 2. The van der Waals surface area contributed by atoms with Gasteiger partial charge in [-0.25, -0.2) is 18.7 Å². The summed E-state index contributed by atoms with van der Waals surface area (Å²) >= 11 is 0. The largest absolute Gasteiger partial charge is 0.366 e. The molecular formula is C23H24F2N6O. The van der Waals surface area contributed by atoms with Gasteiger partial charge >= 0.3 is 0 Å². The van der Waals surface area contributed by atoms with E-state index in [-0.39, 0.29) is 24.1 Å². The van der Waals surface area contributed by atoms with E-state index in [0.717, 1.165) is 37.3 Å². The van der Waals surface area contributed by atoms with Crippen LogP contribution in [0.3, 0.4) is 0 Å². The Morgan fingerprint density at radius 3 is 2.72 bits per heavy atom. The normalized spacial score (nSPS) is 23.3. The lowest BCUT2D eigenvalue weighted by Crippen LogP contribution is -2.27. The van der Waals surface area contributed by atoms with Crippen LogP contribution in [-0.2, 0) is 19.9 Å². The molecule has 32 heavy (non-hydrogen) atoms. The summed E-state index contributed by atoms with van der Waals surface area (Å²) in [5.41, 5.74) is 2.91. The van der Waals surface area contributed by atoms with Crippen LogP contribution in [0.4, 0.5) is 14.5 Å².